The summed E-state index contributed by atoms with van der Waals surface area (Å²) in [6, 6.07) is 0. The Hall–Kier alpha value is -1.16. The van der Waals surface area contributed by atoms with Crippen molar-refractivity contribution in [3.8, 4) is 0 Å². The van der Waals surface area contributed by atoms with Crippen LogP contribution in [0, 0.1) is 13.8 Å². The largest absolute Gasteiger partial charge is 0.298 e. The second-order valence-corrected chi connectivity index (χ2v) is 3.85. The van der Waals surface area contributed by atoms with E-state index in [0.29, 0.717) is 5.13 Å². The first kappa shape index (κ1) is 9.92. The van der Waals surface area contributed by atoms with Gasteiger partial charge in [-0.25, -0.2) is 4.98 Å². The van der Waals surface area contributed by atoms with Crippen LogP contribution in [0.2, 0.25) is 0 Å². The fraction of sp³-hybridized carbons (Fsp3) is 0.333. The van der Waals surface area contributed by atoms with Gasteiger partial charge in [-0.05, 0) is 26.8 Å². The van der Waals surface area contributed by atoms with Crippen LogP contribution in [0.3, 0.4) is 0 Å². The van der Waals surface area contributed by atoms with Crippen LogP contribution in [-0.2, 0) is 4.79 Å². The van der Waals surface area contributed by atoms with Gasteiger partial charge in [-0.2, -0.15) is 0 Å². The minimum absolute atomic E-state index is 0.128. The lowest BCUT2D eigenvalue weighted by Crippen LogP contribution is -2.07. The van der Waals surface area contributed by atoms with E-state index in [-0.39, 0.29) is 5.91 Å². The molecule has 0 bridgehead atoms. The first-order valence-corrected chi connectivity index (χ1v) is 4.83. The number of hydrogen-bond acceptors (Lipinski definition) is 3. The Labute approximate surface area is 81.5 Å². The first-order valence-electron chi connectivity index (χ1n) is 4.01. The van der Waals surface area contributed by atoms with E-state index in [1.54, 1.807) is 13.0 Å². The number of rotatable bonds is 2. The summed E-state index contributed by atoms with van der Waals surface area (Å²) in [5.41, 5.74) is 0.973. The van der Waals surface area contributed by atoms with Gasteiger partial charge in [-0.15, -0.1) is 11.3 Å². The molecule has 0 saturated heterocycles. The SMILES string of the molecule is C/C=C/C(=O)Nc1nc(C)c(C)s1. The lowest BCUT2D eigenvalue weighted by atomic mass is 10.4. The van der Waals surface area contributed by atoms with Crippen molar-refractivity contribution in [1.29, 1.82) is 0 Å². The molecule has 4 heteroatoms. The molecule has 13 heavy (non-hydrogen) atoms. The van der Waals surface area contributed by atoms with E-state index in [2.05, 4.69) is 10.3 Å². The number of carbonyl (C=O) groups excluding carboxylic acids is 1. The number of amides is 1. The molecule has 1 amide bonds. The van der Waals surface area contributed by atoms with Crippen molar-refractivity contribution in [1.82, 2.24) is 4.98 Å². The average Bonchev–Trinajstić information content (AvgIpc) is 2.31. The van der Waals surface area contributed by atoms with Crippen molar-refractivity contribution in [2.45, 2.75) is 20.8 Å². The maximum atomic E-state index is 11.1. The normalized spacial score (nSPS) is 10.7. The smallest absolute Gasteiger partial charge is 0.249 e. The third-order valence-electron chi connectivity index (χ3n) is 1.58. The Kier molecular flexibility index (Phi) is 3.19. The second-order valence-electron chi connectivity index (χ2n) is 2.65. The van der Waals surface area contributed by atoms with Gasteiger partial charge in [-0.3, -0.25) is 10.1 Å². The second kappa shape index (κ2) is 4.18. The third kappa shape index (κ3) is 2.66. The molecule has 0 saturated carbocycles. The number of carbonyl (C=O) groups is 1. The minimum Gasteiger partial charge on any atom is -0.298 e. The standard InChI is InChI=1S/C9H12N2OS/c1-4-5-8(12)11-9-10-6(2)7(3)13-9/h4-5H,1-3H3,(H,10,11,12)/b5-4+. The lowest BCUT2D eigenvalue weighted by molar-refractivity contribution is -0.111. The maximum Gasteiger partial charge on any atom is 0.249 e. The van der Waals surface area contributed by atoms with Gasteiger partial charge in [0.25, 0.3) is 0 Å². The molecule has 1 rings (SSSR count). The number of allylic oxidation sites excluding steroid dienone is 1. The molecule has 3 nitrogen and oxygen atoms in total. The summed E-state index contributed by atoms with van der Waals surface area (Å²) in [6.45, 7) is 5.72. The number of anilines is 1. The first-order chi connectivity index (χ1) is 6.13. The highest BCUT2D eigenvalue weighted by Crippen LogP contribution is 2.20. The zero-order valence-corrected chi connectivity index (χ0v) is 8.73. The van der Waals surface area contributed by atoms with E-state index in [9.17, 15) is 4.79 Å². The summed E-state index contributed by atoms with van der Waals surface area (Å²) in [5.74, 6) is -0.128. The van der Waals surface area contributed by atoms with E-state index < -0.39 is 0 Å². The third-order valence-corrected chi connectivity index (χ3v) is 2.56. The number of thiazole rings is 1. The van der Waals surface area contributed by atoms with Crippen LogP contribution in [0.25, 0.3) is 0 Å². The van der Waals surface area contributed by atoms with Gasteiger partial charge in [0.1, 0.15) is 0 Å². The molecular weight excluding hydrogens is 184 g/mol. The van der Waals surface area contributed by atoms with Crippen LogP contribution >= 0.6 is 11.3 Å². The fourth-order valence-corrected chi connectivity index (χ4v) is 1.64. The van der Waals surface area contributed by atoms with E-state index in [1.165, 1.54) is 17.4 Å². The molecule has 1 aromatic rings. The minimum atomic E-state index is -0.128. The molecule has 0 aliphatic rings. The molecule has 0 fully saturated rings. The molecule has 0 spiro atoms. The van der Waals surface area contributed by atoms with E-state index in [4.69, 9.17) is 0 Å². The van der Waals surface area contributed by atoms with Crippen LogP contribution in [0.5, 0.6) is 0 Å². The highest BCUT2D eigenvalue weighted by Gasteiger charge is 2.04. The van der Waals surface area contributed by atoms with Crippen molar-refractivity contribution in [2.75, 3.05) is 5.32 Å². The monoisotopic (exact) mass is 196 g/mol. The van der Waals surface area contributed by atoms with Crippen LogP contribution in [0.1, 0.15) is 17.5 Å². The molecule has 1 N–H and O–H groups in total. The van der Waals surface area contributed by atoms with Gasteiger partial charge in [-0.1, -0.05) is 6.08 Å². The molecular formula is C9H12N2OS. The molecule has 1 aromatic heterocycles. The van der Waals surface area contributed by atoms with Crippen LogP contribution in [-0.4, -0.2) is 10.9 Å². The van der Waals surface area contributed by atoms with Crippen molar-refractivity contribution in [3.63, 3.8) is 0 Å². The van der Waals surface area contributed by atoms with Crippen molar-refractivity contribution < 1.29 is 4.79 Å². The Morgan fingerprint density at radius 1 is 1.54 bits per heavy atom. The molecule has 0 aliphatic heterocycles. The predicted molar refractivity (Wildman–Crippen MR) is 55.0 cm³/mol. The lowest BCUT2D eigenvalue weighted by Gasteiger charge is -1.93. The molecule has 1 heterocycles. The Balaban J connectivity index is 2.69. The van der Waals surface area contributed by atoms with Crippen LogP contribution in [0.15, 0.2) is 12.2 Å². The molecule has 0 aliphatic carbocycles. The summed E-state index contributed by atoms with van der Waals surface area (Å²) in [5, 5.41) is 3.35. The van der Waals surface area contributed by atoms with Gasteiger partial charge >= 0.3 is 0 Å². The Morgan fingerprint density at radius 3 is 2.69 bits per heavy atom. The molecule has 70 valence electrons. The summed E-state index contributed by atoms with van der Waals surface area (Å²) >= 11 is 1.49. The van der Waals surface area contributed by atoms with Crippen molar-refractivity contribution in [3.05, 3.63) is 22.7 Å². The predicted octanol–water partition coefficient (Wildman–Crippen LogP) is 2.27. The number of aryl methyl sites for hydroxylation is 2. The highest BCUT2D eigenvalue weighted by molar-refractivity contribution is 7.15. The fourth-order valence-electron chi connectivity index (χ4n) is 0.825. The van der Waals surface area contributed by atoms with Gasteiger partial charge in [0.05, 0.1) is 5.69 Å². The summed E-state index contributed by atoms with van der Waals surface area (Å²) in [6.07, 6.45) is 3.18. The van der Waals surface area contributed by atoms with E-state index in [1.807, 2.05) is 13.8 Å². The van der Waals surface area contributed by atoms with E-state index >= 15 is 0 Å². The van der Waals surface area contributed by atoms with Gasteiger partial charge < -0.3 is 0 Å². The van der Waals surface area contributed by atoms with Crippen LogP contribution < -0.4 is 5.32 Å². The molecule has 0 radical (unpaired) electrons. The van der Waals surface area contributed by atoms with Crippen molar-refractivity contribution in [2.24, 2.45) is 0 Å². The number of aromatic nitrogens is 1. The van der Waals surface area contributed by atoms with Crippen LogP contribution in [0.4, 0.5) is 5.13 Å². The Morgan fingerprint density at radius 2 is 2.23 bits per heavy atom. The number of nitrogens with zero attached hydrogens (tertiary/aromatic N) is 1. The van der Waals surface area contributed by atoms with Crippen molar-refractivity contribution >= 4 is 22.4 Å². The summed E-state index contributed by atoms with van der Waals surface area (Å²) in [7, 11) is 0. The number of nitrogens with one attached hydrogen (secondary N) is 1. The van der Waals surface area contributed by atoms with Gasteiger partial charge in [0, 0.05) is 4.88 Å². The summed E-state index contributed by atoms with van der Waals surface area (Å²) < 4.78 is 0. The maximum absolute atomic E-state index is 11.1. The average molecular weight is 196 g/mol. The topological polar surface area (TPSA) is 42.0 Å². The summed E-state index contributed by atoms with van der Waals surface area (Å²) in [4.78, 5) is 16.4. The molecule has 0 atom stereocenters. The van der Waals surface area contributed by atoms with Gasteiger partial charge in [0.2, 0.25) is 5.91 Å². The zero-order valence-electron chi connectivity index (χ0n) is 7.92. The van der Waals surface area contributed by atoms with Gasteiger partial charge in [0.15, 0.2) is 5.13 Å². The Bertz CT molecular complexity index is 322. The zero-order chi connectivity index (χ0) is 9.84. The highest BCUT2D eigenvalue weighted by atomic mass is 32.1. The molecule has 0 aromatic carbocycles. The number of hydrogen-bond donors (Lipinski definition) is 1. The quantitative estimate of drug-likeness (QED) is 0.737. The van der Waals surface area contributed by atoms with E-state index in [0.717, 1.165) is 10.6 Å². The molecule has 0 unspecified atom stereocenters.